The van der Waals surface area contributed by atoms with Crippen LogP contribution >= 0.6 is 11.8 Å². The average molecular weight is 815 g/mol. The molecule has 3 aliphatic heterocycles. The Morgan fingerprint density at radius 1 is 1.09 bits per heavy atom. The van der Waals surface area contributed by atoms with Crippen molar-refractivity contribution in [3.63, 3.8) is 0 Å². The molecule has 1 amide bonds. The third kappa shape index (κ3) is 10.2. The Bertz CT molecular complexity index is 1730. The first kappa shape index (κ1) is 44.8. The molecule has 320 valence electrons. The lowest BCUT2D eigenvalue weighted by atomic mass is 9.74. The number of likely N-dealkylation sites (N-methyl/N-ethyl adjacent to an activating group) is 1. The van der Waals surface area contributed by atoms with E-state index in [9.17, 15) is 10.1 Å². The van der Waals surface area contributed by atoms with Crippen molar-refractivity contribution in [3.8, 4) is 11.8 Å². The fourth-order valence-corrected chi connectivity index (χ4v) is 12.7. The molecule has 0 bridgehead atoms. The molecule has 0 radical (unpaired) electrons. The van der Waals surface area contributed by atoms with Crippen molar-refractivity contribution in [3.05, 3.63) is 41.5 Å². The summed E-state index contributed by atoms with van der Waals surface area (Å²) in [7, 11) is 2.08. The molecule has 11 unspecified atom stereocenters. The number of ether oxygens (including phenoxy) is 1. The Morgan fingerprint density at radius 2 is 1.83 bits per heavy atom. The molecule has 5 aliphatic rings. The Labute approximate surface area is 355 Å². The van der Waals surface area contributed by atoms with Crippen LogP contribution in [-0.4, -0.2) is 81.0 Å². The summed E-state index contributed by atoms with van der Waals surface area (Å²) < 4.78 is 8.48. The van der Waals surface area contributed by atoms with Gasteiger partial charge in [-0.3, -0.25) is 14.7 Å². The lowest BCUT2D eigenvalue weighted by Crippen LogP contribution is -2.49. The van der Waals surface area contributed by atoms with Crippen LogP contribution in [0.2, 0.25) is 0 Å². The van der Waals surface area contributed by atoms with Crippen molar-refractivity contribution >= 4 is 29.1 Å². The molecule has 11 atom stereocenters. The number of amides is 1. The molecule has 6 rings (SSSR count). The van der Waals surface area contributed by atoms with Crippen molar-refractivity contribution in [1.29, 1.82) is 5.26 Å². The highest BCUT2D eigenvalue weighted by molar-refractivity contribution is 8.00. The number of fused-ring (bicyclic) bond motifs is 3. The lowest BCUT2D eigenvalue weighted by Gasteiger charge is -2.35. The van der Waals surface area contributed by atoms with Gasteiger partial charge in [0, 0.05) is 43.2 Å². The molecule has 0 aromatic heterocycles. The Balaban J connectivity index is 1.03. The number of hydrazine groups is 1. The highest BCUT2D eigenvalue weighted by atomic mass is 32.2. The fraction of sp³-hybridized carbons (Fsp3) is 0.750. The van der Waals surface area contributed by atoms with Crippen LogP contribution in [0.4, 0.5) is 0 Å². The molecule has 4 fully saturated rings. The molecule has 1 aromatic rings. The van der Waals surface area contributed by atoms with Crippen molar-refractivity contribution in [1.82, 2.24) is 21.1 Å². The SMILES string of the molecule is C=C(C)C(CCC(C(=O)NC1CCC(Oc2ccc(C#N)c(C)c2)CC1)[N+](C)=C(C)C)CCC1(C)CCCC(C2=NC(C)C3NNC(C)N3C3SC(C)C(C)C23)CC1. The van der Waals surface area contributed by atoms with E-state index in [1.165, 1.54) is 49.8 Å². The lowest BCUT2D eigenvalue weighted by molar-refractivity contribution is -0.526. The average Bonchev–Trinajstić information content (AvgIpc) is 3.58. The van der Waals surface area contributed by atoms with Crippen LogP contribution in [0.5, 0.6) is 5.75 Å². The maximum Gasteiger partial charge on any atom is 0.288 e. The molecule has 3 heterocycles. The van der Waals surface area contributed by atoms with E-state index < -0.39 is 0 Å². The fourth-order valence-electron chi connectivity index (χ4n) is 10.9. The number of aryl methyl sites for hydroxylation is 1. The predicted molar refractivity (Wildman–Crippen MR) is 240 cm³/mol. The van der Waals surface area contributed by atoms with E-state index >= 15 is 0 Å². The van der Waals surface area contributed by atoms with Gasteiger partial charge < -0.3 is 10.1 Å². The number of nitrogens with zero attached hydrogens (tertiary/aromatic N) is 4. The minimum absolute atomic E-state index is 0.125. The normalized spacial score (nSPS) is 34.9. The summed E-state index contributed by atoms with van der Waals surface area (Å²) in [4.78, 5) is 22.3. The van der Waals surface area contributed by atoms with E-state index in [1.54, 1.807) is 0 Å². The first-order valence-electron chi connectivity index (χ1n) is 22.8. The zero-order chi connectivity index (χ0) is 41.9. The van der Waals surface area contributed by atoms with Crippen LogP contribution in [0.25, 0.3) is 0 Å². The number of rotatable bonds is 13. The van der Waals surface area contributed by atoms with E-state index in [0.29, 0.717) is 51.4 Å². The Morgan fingerprint density at radius 3 is 2.50 bits per heavy atom. The minimum atomic E-state index is -0.202. The number of benzene rings is 1. The number of allylic oxidation sites excluding steroid dienone is 1. The van der Waals surface area contributed by atoms with E-state index in [2.05, 4.69) is 112 Å². The topological polar surface area (TPSA) is 105 Å². The van der Waals surface area contributed by atoms with Gasteiger partial charge in [0.25, 0.3) is 5.91 Å². The quantitative estimate of drug-likeness (QED) is 0.0790. The van der Waals surface area contributed by atoms with Gasteiger partial charge in [0.15, 0.2) is 0 Å². The summed E-state index contributed by atoms with van der Waals surface area (Å²) in [6, 6.07) is 8.10. The van der Waals surface area contributed by atoms with Gasteiger partial charge >= 0.3 is 0 Å². The standard InChI is InChI=1S/C48H75N7O2S/c1-29(2)36(15-21-42(54(11)30(3)4)46(56)51-39-16-19-40(20-17-39)57-41-18-14-38(28-49)31(5)27-41)22-25-48(10)24-12-13-37(23-26-48)44-43-32(6)34(8)58-47(43)55-35(9)52-53-45(55)33(7)50-44/h14,18,27,32-37,39-40,42-43,45,47,52-53H,1,12-13,15-17,19-26H2,2-11H3/p+1. The molecule has 0 spiro atoms. The van der Waals surface area contributed by atoms with Crippen molar-refractivity contribution in [2.45, 2.75) is 193 Å². The zero-order valence-electron chi connectivity index (χ0n) is 37.6. The van der Waals surface area contributed by atoms with E-state index in [0.717, 1.165) is 62.0 Å². The monoisotopic (exact) mass is 815 g/mol. The van der Waals surface area contributed by atoms with Crippen LogP contribution in [0.3, 0.4) is 0 Å². The maximum absolute atomic E-state index is 14.0. The molecular weight excluding hydrogens is 739 g/mol. The highest BCUT2D eigenvalue weighted by Gasteiger charge is 2.53. The molecule has 2 aliphatic carbocycles. The van der Waals surface area contributed by atoms with Gasteiger partial charge in [0.1, 0.15) is 18.5 Å². The summed E-state index contributed by atoms with van der Waals surface area (Å²) in [5.41, 5.74) is 13.0. The number of carbonyl (C=O) groups is 1. The van der Waals surface area contributed by atoms with Crippen LogP contribution in [0.1, 0.15) is 150 Å². The van der Waals surface area contributed by atoms with Gasteiger partial charge in [0.05, 0.1) is 41.5 Å². The van der Waals surface area contributed by atoms with E-state index in [1.807, 2.05) is 25.1 Å². The molecule has 2 saturated heterocycles. The van der Waals surface area contributed by atoms with Gasteiger partial charge in [-0.05, 0) is 145 Å². The molecule has 9 nitrogen and oxygen atoms in total. The summed E-state index contributed by atoms with van der Waals surface area (Å²) >= 11 is 2.18. The smallest absolute Gasteiger partial charge is 0.288 e. The van der Waals surface area contributed by atoms with E-state index in [4.69, 9.17) is 9.73 Å². The van der Waals surface area contributed by atoms with Crippen LogP contribution < -0.4 is 20.9 Å². The summed E-state index contributed by atoms with van der Waals surface area (Å²) in [5.74, 6) is 3.07. The second-order valence-electron chi connectivity index (χ2n) is 19.6. The molecule has 10 heteroatoms. The van der Waals surface area contributed by atoms with Gasteiger partial charge in [0.2, 0.25) is 6.04 Å². The van der Waals surface area contributed by atoms with E-state index in [-0.39, 0.29) is 36.3 Å². The van der Waals surface area contributed by atoms with Crippen molar-refractivity contribution < 1.29 is 14.1 Å². The van der Waals surface area contributed by atoms with Gasteiger partial charge in [-0.15, -0.1) is 11.8 Å². The number of thioether (sulfide) groups is 1. The molecule has 2 saturated carbocycles. The van der Waals surface area contributed by atoms with Gasteiger partial charge in [-0.2, -0.15) is 5.26 Å². The first-order valence-corrected chi connectivity index (χ1v) is 23.7. The molecule has 3 N–H and O–H groups in total. The van der Waals surface area contributed by atoms with Crippen LogP contribution in [0, 0.1) is 47.3 Å². The third-order valence-corrected chi connectivity index (χ3v) is 16.8. The van der Waals surface area contributed by atoms with Crippen molar-refractivity contribution in [2.75, 3.05) is 7.05 Å². The minimum Gasteiger partial charge on any atom is -0.490 e. The second-order valence-corrected chi connectivity index (χ2v) is 21.1. The number of aliphatic imine (C=N–C) groups is 1. The third-order valence-electron chi connectivity index (χ3n) is 15.2. The number of nitriles is 1. The Kier molecular flexibility index (Phi) is 14.9. The number of nitrogens with one attached hydrogen (secondary N) is 3. The molecule has 1 aromatic carbocycles. The predicted octanol–water partition coefficient (Wildman–Crippen LogP) is 9.14. The molecular formula is C48H76N7O2S+. The summed E-state index contributed by atoms with van der Waals surface area (Å²) in [6.45, 7) is 24.9. The second kappa shape index (κ2) is 19.3. The largest absolute Gasteiger partial charge is 0.490 e. The summed E-state index contributed by atoms with van der Waals surface area (Å²) in [5, 5.41) is 13.8. The highest BCUT2D eigenvalue weighted by Crippen LogP contribution is 2.51. The van der Waals surface area contributed by atoms with Gasteiger partial charge in [-0.25, -0.2) is 15.4 Å². The zero-order valence-corrected chi connectivity index (χ0v) is 38.4. The Hall–Kier alpha value is -2.71. The first-order chi connectivity index (χ1) is 27.6. The van der Waals surface area contributed by atoms with Crippen LogP contribution in [0.15, 0.2) is 35.3 Å². The van der Waals surface area contributed by atoms with Crippen LogP contribution in [-0.2, 0) is 4.79 Å². The van der Waals surface area contributed by atoms with Crippen molar-refractivity contribution in [2.24, 2.45) is 34.1 Å². The number of hydrogen-bond donors (Lipinski definition) is 3. The van der Waals surface area contributed by atoms with Gasteiger partial charge in [-0.1, -0.05) is 39.3 Å². The molecule has 58 heavy (non-hydrogen) atoms. The maximum atomic E-state index is 14.0. The number of hydrogen-bond acceptors (Lipinski definition) is 8. The summed E-state index contributed by atoms with van der Waals surface area (Å²) in [6.07, 6.45) is 14.7. The number of carbonyl (C=O) groups excluding carboxylic acids is 1.